The number of nitro benzene ring substituents is 1. The fraction of sp³-hybridized carbons (Fsp3) is 0.667. The molecule has 0 aromatic heterocycles. The van der Waals surface area contributed by atoms with Crippen LogP contribution in [0, 0.1) is 17.0 Å². The molecule has 3 saturated heterocycles. The lowest BCUT2D eigenvalue weighted by atomic mass is 10.0. The highest BCUT2D eigenvalue weighted by Gasteiger charge is 2.46. The molecular formula is C18H26N4O2. The summed E-state index contributed by atoms with van der Waals surface area (Å²) in [6.07, 6.45) is 3.81. The normalized spacial score (nSPS) is 28.7. The maximum atomic E-state index is 10.9. The molecule has 2 atom stereocenters. The summed E-state index contributed by atoms with van der Waals surface area (Å²) in [5.41, 5.74) is 2.38. The van der Waals surface area contributed by atoms with Crippen LogP contribution in [0.15, 0.2) is 18.2 Å². The molecule has 0 aliphatic carbocycles. The number of benzene rings is 1. The third-order valence-corrected chi connectivity index (χ3v) is 6.14. The molecule has 1 aromatic rings. The molecule has 4 rings (SSSR count). The van der Waals surface area contributed by atoms with Crippen molar-refractivity contribution in [1.82, 2.24) is 9.80 Å². The van der Waals surface area contributed by atoms with Crippen molar-refractivity contribution in [3.05, 3.63) is 33.9 Å². The zero-order valence-corrected chi connectivity index (χ0v) is 14.5. The molecule has 3 aliphatic rings. The van der Waals surface area contributed by atoms with E-state index in [2.05, 4.69) is 21.7 Å². The number of rotatable bonds is 3. The van der Waals surface area contributed by atoms with Crippen molar-refractivity contribution in [3.8, 4) is 0 Å². The van der Waals surface area contributed by atoms with Gasteiger partial charge < -0.3 is 9.80 Å². The van der Waals surface area contributed by atoms with Crippen LogP contribution in [0.5, 0.6) is 0 Å². The number of hydrogen-bond donors (Lipinski definition) is 0. The maximum Gasteiger partial charge on any atom is 0.269 e. The molecule has 6 nitrogen and oxygen atoms in total. The van der Waals surface area contributed by atoms with Crippen molar-refractivity contribution < 1.29 is 4.92 Å². The van der Waals surface area contributed by atoms with Crippen molar-refractivity contribution in [2.24, 2.45) is 0 Å². The van der Waals surface area contributed by atoms with Crippen molar-refractivity contribution in [2.45, 2.75) is 44.3 Å². The van der Waals surface area contributed by atoms with Gasteiger partial charge in [0.25, 0.3) is 5.69 Å². The predicted octanol–water partition coefficient (Wildman–Crippen LogP) is 2.26. The third kappa shape index (κ3) is 2.67. The second-order valence-electron chi connectivity index (χ2n) is 7.65. The van der Waals surface area contributed by atoms with Crippen LogP contribution >= 0.6 is 0 Å². The van der Waals surface area contributed by atoms with Gasteiger partial charge in [0.1, 0.15) is 0 Å². The van der Waals surface area contributed by atoms with Gasteiger partial charge >= 0.3 is 0 Å². The summed E-state index contributed by atoms with van der Waals surface area (Å²) in [6.45, 7) is 6.63. The second-order valence-corrected chi connectivity index (χ2v) is 7.65. The van der Waals surface area contributed by atoms with Crippen LogP contribution in [-0.4, -0.2) is 66.1 Å². The molecule has 0 amide bonds. The van der Waals surface area contributed by atoms with Gasteiger partial charge in [0, 0.05) is 49.0 Å². The molecule has 24 heavy (non-hydrogen) atoms. The molecule has 3 fully saturated rings. The molecule has 6 heteroatoms. The summed E-state index contributed by atoms with van der Waals surface area (Å²) < 4.78 is 0. The Hall–Kier alpha value is -1.66. The molecule has 2 unspecified atom stereocenters. The van der Waals surface area contributed by atoms with Crippen molar-refractivity contribution >= 4 is 11.4 Å². The van der Waals surface area contributed by atoms with E-state index < -0.39 is 0 Å². The number of anilines is 1. The van der Waals surface area contributed by atoms with E-state index in [4.69, 9.17) is 0 Å². The van der Waals surface area contributed by atoms with Gasteiger partial charge in [-0.05, 0) is 58.0 Å². The lowest BCUT2D eigenvalue weighted by molar-refractivity contribution is -0.384. The van der Waals surface area contributed by atoms with Gasteiger partial charge in [-0.3, -0.25) is 15.0 Å². The molecule has 0 radical (unpaired) electrons. The topological polar surface area (TPSA) is 52.9 Å². The molecule has 1 aromatic carbocycles. The van der Waals surface area contributed by atoms with Gasteiger partial charge in [-0.15, -0.1) is 0 Å². The molecule has 3 heterocycles. The molecule has 0 spiro atoms. The lowest BCUT2D eigenvalue weighted by Crippen LogP contribution is -2.53. The number of fused-ring (bicyclic) bond motifs is 2. The Balaban J connectivity index is 1.46. The molecule has 0 N–H and O–H groups in total. The summed E-state index contributed by atoms with van der Waals surface area (Å²) >= 11 is 0. The van der Waals surface area contributed by atoms with Crippen molar-refractivity contribution in [1.29, 1.82) is 0 Å². The molecule has 2 bridgehead atoms. The minimum Gasteiger partial charge on any atom is -0.365 e. The monoisotopic (exact) mass is 330 g/mol. The summed E-state index contributed by atoms with van der Waals surface area (Å²) in [5, 5.41) is 10.9. The van der Waals surface area contributed by atoms with Gasteiger partial charge in [-0.1, -0.05) is 0 Å². The van der Waals surface area contributed by atoms with E-state index in [9.17, 15) is 10.1 Å². The maximum absolute atomic E-state index is 10.9. The average molecular weight is 330 g/mol. The first-order chi connectivity index (χ1) is 11.5. The van der Waals surface area contributed by atoms with E-state index in [1.807, 2.05) is 13.0 Å². The second kappa shape index (κ2) is 6.01. The molecular weight excluding hydrogens is 304 g/mol. The third-order valence-electron chi connectivity index (χ3n) is 6.14. The standard InChI is InChI=1S/C18H26N4O2/c1-13-9-15(22(23)24)3-4-18(13)21-12-16-10-17(21)11-20(16)14-5-7-19(2)8-6-14/h3-4,9,14,16-17H,5-8,10-12H2,1-2H3. The van der Waals surface area contributed by atoms with Gasteiger partial charge in [0.05, 0.1) is 4.92 Å². The van der Waals surface area contributed by atoms with Crippen LogP contribution in [0.3, 0.4) is 0 Å². The smallest absolute Gasteiger partial charge is 0.269 e. The molecule has 130 valence electrons. The van der Waals surface area contributed by atoms with E-state index in [1.54, 1.807) is 12.1 Å². The quantitative estimate of drug-likeness (QED) is 0.628. The zero-order valence-electron chi connectivity index (χ0n) is 14.5. The molecule has 3 aliphatic heterocycles. The Labute approximate surface area is 143 Å². The van der Waals surface area contributed by atoms with Crippen LogP contribution in [0.4, 0.5) is 11.4 Å². The first kappa shape index (κ1) is 15.8. The highest BCUT2D eigenvalue weighted by molar-refractivity contribution is 5.59. The van der Waals surface area contributed by atoms with E-state index >= 15 is 0 Å². The number of piperazine rings is 1. The Bertz CT molecular complexity index is 642. The van der Waals surface area contributed by atoms with Gasteiger partial charge in [-0.2, -0.15) is 0 Å². The van der Waals surface area contributed by atoms with E-state index in [-0.39, 0.29) is 10.6 Å². The zero-order chi connectivity index (χ0) is 16.8. The number of nitrogens with zero attached hydrogens (tertiary/aromatic N) is 4. The fourth-order valence-electron chi connectivity index (χ4n) is 4.84. The summed E-state index contributed by atoms with van der Waals surface area (Å²) in [5.74, 6) is 0. The van der Waals surface area contributed by atoms with Crippen LogP contribution in [0.2, 0.25) is 0 Å². The Morgan fingerprint density at radius 1 is 1.12 bits per heavy atom. The van der Waals surface area contributed by atoms with E-state index in [1.165, 1.54) is 38.0 Å². The van der Waals surface area contributed by atoms with Gasteiger partial charge in [0.15, 0.2) is 0 Å². The minimum atomic E-state index is -0.311. The number of hydrogen-bond acceptors (Lipinski definition) is 5. The van der Waals surface area contributed by atoms with Crippen LogP contribution < -0.4 is 4.90 Å². The highest BCUT2D eigenvalue weighted by Crippen LogP contribution is 2.39. The van der Waals surface area contributed by atoms with Crippen LogP contribution in [-0.2, 0) is 0 Å². The number of nitro groups is 1. The fourth-order valence-corrected chi connectivity index (χ4v) is 4.84. The Morgan fingerprint density at radius 2 is 1.88 bits per heavy atom. The predicted molar refractivity (Wildman–Crippen MR) is 94.6 cm³/mol. The van der Waals surface area contributed by atoms with E-state index in [0.29, 0.717) is 12.1 Å². The van der Waals surface area contributed by atoms with E-state index in [0.717, 1.165) is 24.7 Å². The van der Waals surface area contributed by atoms with Crippen molar-refractivity contribution in [2.75, 3.05) is 38.1 Å². The first-order valence-corrected chi connectivity index (χ1v) is 8.99. The van der Waals surface area contributed by atoms with Crippen molar-refractivity contribution in [3.63, 3.8) is 0 Å². The summed E-state index contributed by atoms with van der Waals surface area (Å²) in [6, 6.07) is 7.25. The van der Waals surface area contributed by atoms with Gasteiger partial charge in [0.2, 0.25) is 0 Å². The lowest BCUT2D eigenvalue weighted by Gasteiger charge is -2.42. The van der Waals surface area contributed by atoms with Crippen LogP contribution in [0.25, 0.3) is 0 Å². The average Bonchev–Trinajstić information content (AvgIpc) is 3.15. The number of aryl methyl sites for hydroxylation is 1. The summed E-state index contributed by atoms with van der Waals surface area (Å²) in [7, 11) is 2.21. The largest absolute Gasteiger partial charge is 0.365 e. The Morgan fingerprint density at radius 3 is 2.46 bits per heavy atom. The minimum absolute atomic E-state index is 0.188. The number of non-ortho nitro benzene ring substituents is 1. The summed E-state index contributed by atoms with van der Waals surface area (Å²) in [4.78, 5) is 18.3. The van der Waals surface area contributed by atoms with Gasteiger partial charge in [-0.25, -0.2) is 0 Å². The molecule has 0 saturated carbocycles. The van der Waals surface area contributed by atoms with Crippen LogP contribution in [0.1, 0.15) is 24.8 Å². The Kier molecular flexibility index (Phi) is 3.96. The number of piperidine rings is 1. The first-order valence-electron chi connectivity index (χ1n) is 8.99. The highest BCUT2D eigenvalue weighted by atomic mass is 16.6. The number of likely N-dealkylation sites (tertiary alicyclic amines) is 2. The SMILES string of the molecule is Cc1cc([N+](=O)[O-])ccc1N1CC2CC1CN2C1CCN(C)CC1.